The van der Waals surface area contributed by atoms with Crippen LogP contribution in [-0.4, -0.2) is 34.5 Å². The molecule has 2 unspecified atom stereocenters. The Kier molecular flexibility index (Phi) is 6.82. The third kappa shape index (κ3) is 4.60. The molecule has 0 aliphatic carbocycles. The second kappa shape index (κ2) is 9.51. The molecular weight excluding hydrogens is 346 g/mol. The second-order valence-electron chi connectivity index (χ2n) is 7.27. The van der Waals surface area contributed by atoms with E-state index >= 15 is 0 Å². The van der Waals surface area contributed by atoms with E-state index in [0.29, 0.717) is 24.3 Å². The molecule has 0 bridgehead atoms. The molecule has 0 aromatic carbocycles. The molecule has 1 fully saturated rings. The number of pyridine rings is 2. The molecule has 146 valence electrons. The van der Waals surface area contributed by atoms with Gasteiger partial charge in [-0.2, -0.15) is 0 Å². The number of nitrogens with zero attached hydrogens (tertiary/aromatic N) is 5. The summed E-state index contributed by atoms with van der Waals surface area (Å²) < 4.78 is 0. The molecule has 1 aliphatic heterocycles. The van der Waals surface area contributed by atoms with Crippen LogP contribution in [0.5, 0.6) is 0 Å². The average molecular weight is 376 g/mol. The first-order valence-electron chi connectivity index (χ1n) is 9.87. The van der Waals surface area contributed by atoms with Crippen molar-refractivity contribution in [1.82, 2.24) is 14.9 Å². The fraction of sp³-hybridized carbons (Fsp3) is 0.391. The fourth-order valence-corrected chi connectivity index (χ4v) is 4.01. The lowest BCUT2D eigenvalue weighted by Gasteiger charge is -2.39. The van der Waals surface area contributed by atoms with Crippen LogP contribution in [-0.2, 0) is 6.42 Å². The van der Waals surface area contributed by atoms with Crippen LogP contribution in [0.2, 0.25) is 0 Å². The molecule has 3 heterocycles. The summed E-state index contributed by atoms with van der Waals surface area (Å²) in [6, 6.07) is 11.1. The van der Waals surface area contributed by atoms with Crippen LogP contribution >= 0.6 is 0 Å². The largest absolute Gasteiger partial charge is 0.289 e. The number of amidine groups is 1. The monoisotopic (exact) mass is 375 g/mol. The van der Waals surface area contributed by atoms with Gasteiger partial charge < -0.3 is 0 Å². The zero-order chi connectivity index (χ0) is 19.9. The zero-order valence-electron chi connectivity index (χ0n) is 16.9. The molecule has 2 aromatic rings. The van der Waals surface area contributed by atoms with E-state index in [4.69, 9.17) is 4.98 Å². The van der Waals surface area contributed by atoms with Crippen molar-refractivity contribution >= 4 is 12.6 Å². The van der Waals surface area contributed by atoms with Crippen molar-refractivity contribution in [2.24, 2.45) is 9.98 Å². The van der Waals surface area contributed by atoms with Gasteiger partial charge in [-0.3, -0.25) is 14.9 Å². The Morgan fingerprint density at radius 3 is 2.82 bits per heavy atom. The molecule has 0 N–H and O–H groups in total. The molecule has 28 heavy (non-hydrogen) atoms. The molecular formula is C23H29N5. The number of aliphatic imine (C=N–C) groups is 2. The standard InChI is InChI=1S/C23H29N5/c1-5-25-22(24-3)15-14-18-10-6-11-19(27-18)20-12-7-13-21(28(20)4)23-17(2)9-8-16-26-23/h5-6,8-11,16,20-21H,1,3,7,12-15H2,2,4H3. The molecule has 0 amide bonds. The normalized spacial score (nSPS) is 20.7. The summed E-state index contributed by atoms with van der Waals surface area (Å²) in [6.45, 7) is 9.35. The lowest BCUT2D eigenvalue weighted by Crippen LogP contribution is -2.34. The lowest BCUT2D eigenvalue weighted by molar-refractivity contribution is 0.109. The maximum absolute atomic E-state index is 4.96. The predicted molar refractivity (Wildman–Crippen MR) is 116 cm³/mol. The summed E-state index contributed by atoms with van der Waals surface area (Å²) in [5.41, 5.74) is 4.63. The first-order chi connectivity index (χ1) is 13.6. The Balaban J connectivity index is 1.77. The quantitative estimate of drug-likeness (QED) is 0.535. The number of hydrogen-bond acceptors (Lipinski definition) is 4. The van der Waals surface area contributed by atoms with E-state index in [0.717, 1.165) is 30.7 Å². The SMILES string of the molecule is C=CN=C(CCc1cccc(C2CCCC(c3ncccc3C)N2C)n1)N=C. The third-order valence-corrected chi connectivity index (χ3v) is 5.50. The summed E-state index contributed by atoms with van der Waals surface area (Å²) >= 11 is 0. The van der Waals surface area contributed by atoms with Crippen molar-refractivity contribution in [3.05, 3.63) is 72.0 Å². The van der Waals surface area contributed by atoms with Gasteiger partial charge in [0.05, 0.1) is 23.5 Å². The van der Waals surface area contributed by atoms with Gasteiger partial charge in [0.1, 0.15) is 5.84 Å². The number of aryl methyl sites for hydroxylation is 2. The summed E-state index contributed by atoms with van der Waals surface area (Å²) in [4.78, 5) is 20.2. The highest BCUT2D eigenvalue weighted by Crippen LogP contribution is 2.39. The highest BCUT2D eigenvalue weighted by Gasteiger charge is 2.31. The molecule has 2 atom stereocenters. The fourth-order valence-electron chi connectivity index (χ4n) is 4.01. The lowest BCUT2D eigenvalue weighted by atomic mass is 9.90. The van der Waals surface area contributed by atoms with E-state index in [1.54, 1.807) is 0 Å². The van der Waals surface area contributed by atoms with E-state index in [1.165, 1.54) is 23.9 Å². The van der Waals surface area contributed by atoms with Crippen LogP contribution in [0.3, 0.4) is 0 Å². The maximum Gasteiger partial charge on any atom is 0.127 e. The van der Waals surface area contributed by atoms with Crippen LogP contribution in [0.25, 0.3) is 0 Å². The highest BCUT2D eigenvalue weighted by molar-refractivity contribution is 5.86. The number of likely N-dealkylation sites (tertiary alicyclic amines) is 1. The van der Waals surface area contributed by atoms with Crippen molar-refractivity contribution in [2.75, 3.05) is 7.05 Å². The number of rotatable bonds is 6. The van der Waals surface area contributed by atoms with Crippen LogP contribution in [0.1, 0.15) is 60.4 Å². The van der Waals surface area contributed by atoms with Crippen LogP contribution in [0.4, 0.5) is 0 Å². The smallest absolute Gasteiger partial charge is 0.127 e. The summed E-state index contributed by atoms with van der Waals surface area (Å²) in [5.74, 6) is 0.697. The van der Waals surface area contributed by atoms with E-state index in [9.17, 15) is 0 Å². The van der Waals surface area contributed by atoms with E-state index in [-0.39, 0.29) is 0 Å². The second-order valence-corrected chi connectivity index (χ2v) is 7.27. The summed E-state index contributed by atoms with van der Waals surface area (Å²) in [7, 11) is 2.20. The molecule has 2 aromatic heterocycles. The Labute approximate surface area is 168 Å². The molecule has 0 saturated carbocycles. The molecule has 0 spiro atoms. The minimum absolute atomic E-state index is 0.305. The van der Waals surface area contributed by atoms with Crippen LogP contribution < -0.4 is 0 Å². The summed E-state index contributed by atoms with van der Waals surface area (Å²) in [6.07, 6.45) is 8.34. The molecule has 3 rings (SSSR count). The van der Waals surface area contributed by atoms with Gasteiger partial charge in [-0.1, -0.05) is 18.7 Å². The van der Waals surface area contributed by atoms with Gasteiger partial charge in [0.2, 0.25) is 0 Å². The number of piperidine rings is 1. The highest BCUT2D eigenvalue weighted by atomic mass is 15.2. The van der Waals surface area contributed by atoms with Crippen molar-refractivity contribution in [2.45, 2.75) is 51.1 Å². The first-order valence-corrected chi connectivity index (χ1v) is 9.87. The molecule has 5 heteroatoms. The van der Waals surface area contributed by atoms with Crippen molar-refractivity contribution in [3.8, 4) is 0 Å². The average Bonchev–Trinajstić information content (AvgIpc) is 2.72. The molecule has 5 nitrogen and oxygen atoms in total. The first kappa shape index (κ1) is 20.1. The van der Waals surface area contributed by atoms with Gasteiger partial charge in [0.25, 0.3) is 0 Å². The predicted octanol–water partition coefficient (Wildman–Crippen LogP) is 4.86. The van der Waals surface area contributed by atoms with Gasteiger partial charge in [0, 0.05) is 24.5 Å². The molecule has 0 radical (unpaired) electrons. The Morgan fingerprint density at radius 1 is 1.25 bits per heavy atom. The minimum atomic E-state index is 0.305. The van der Waals surface area contributed by atoms with Crippen LogP contribution in [0, 0.1) is 6.92 Å². The Hall–Kier alpha value is -2.66. The van der Waals surface area contributed by atoms with Gasteiger partial charge >= 0.3 is 0 Å². The minimum Gasteiger partial charge on any atom is -0.289 e. The molecule has 1 aliphatic rings. The van der Waals surface area contributed by atoms with Crippen molar-refractivity contribution in [3.63, 3.8) is 0 Å². The Morgan fingerprint density at radius 2 is 2.07 bits per heavy atom. The van der Waals surface area contributed by atoms with E-state index in [1.807, 2.05) is 12.3 Å². The van der Waals surface area contributed by atoms with Gasteiger partial charge in [-0.25, -0.2) is 9.98 Å². The maximum atomic E-state index is 4.96. The van der Waals surface area contributed by atoms with Gasteiger partial charge in [-0.05, 0) is 70.1 Å². The topological polar surface area (TPSA) is 53.7 Å². The van der Waals surface area contributed by atoms with Crippen LogP contribution in [0.15, 0.2) is 59.3 Å². The Bertz CT molecular complexity index is 858. The number of hydrogen-bond donors (Lipinski definition) is 0. The van der Waals surface area contributed by atoms with Gasteiger partial charge in [-0.15, -0.1) is 0 Å². The number of aromatic nitrogens is 2. The third-order valence-electron chi connectivity index (χ3n) is 5.50. The molecule has 1 saturated heterocycles. The van der Waals surface area contributed by atoms with Crippen molar-refractivity contribution in [1.29, 1.82) is 0 Å². The van der Waals surface area contributed by atoms with E-state index < -0.39 is 0 Å². The van der Waals surface area contributed by atoms with E-state index in [2.05, 4.69) is 71.4 Å². The summed E-state index contributed by atoms with van der Waals surface area (Å²) in [5, 5.41) is 0. The zero-order valence-corrected chi connectivity index (χ0v) is 16.9. The van der Waals surface area contributed by atoms with Crippen molar-refractivity contribution < 1.29 is 0 Å². The van der Waals surface area contributed by atoms with Gasteiger partial charge in [0.15, 0.2) is 0 Å².